The van der Waals surface area contributed by atoms with E-state index in [2.05, 4.69) is 0 Å². The van der Waals surface area contributed by atoms with Gasteiger partial charge in [0.05, 0.1) is 0 Å². The van der Waals surface area contributed by atoms with E-state index >= 15 is 0 Å². The first-order valence-corrected chi connectivity index (χ1v) is 4.49. The zero-order chi connectivity index (χ0) is 10.5. The van der Waals surface area contributed by atoms with E-state index in [9.17, 15) is 15.4 Å². The molecule has 4 nitrogen and oxygen atoms in total. The first kappa shape index (κ1) is 10.9. The van der Waals surface area contributed by atoms with Crippen LogP contribution in [0, 0.1) is 5.21 Å². The van der Waals surface area contributed by atoms with Crippen LogP contribution >= 0.6 is 0 Å². The van der Waals surface area contributed by atoms with Crippen LogP contribution in [0.25, 0.3) is 0 Å². The molecule has 1 fully saturated rings. The van der Waals surface area contributed by atoms with Crippen molar-refractivity contribution < 1.29 is 10.2 Å². The van der Waals surface area contributed by atoms with E-state index in [0.717, 1.165) is 5.06 Å². The van der Waals surface area contributed by atoms with E-state index in [0.29, 0.717) is 0 Å². The van der Waals surface area contributed by atoms with Gasteiger partial charge in [-0.1, -0.05) is 0 Å². The molecule has 0 atom stereocenters. The van der Waals surface area contributed by atoms with Gasteiger partial charge >= 0.3 is 0 Å². The van der Waals surface area contributed by atoms with Gasteiger partial charge in [-0.25, -0.2) is 0 Å². The molecule has 1 rings (SSSR count). The van der Waals surface area contributed by atoms with Crippen LogP contribution in [0.3, 0.4) is 0 Å². The van der Waals surface area contributed by atoms with Gasteiger partial charge in [0.15, 0.2) is 5.79 Å². The molecule has 78 valence electrons. The standard InChI is InChI=1S/C9H18NO3/c1-7(2)5-9(11,12)6-8(3,4)10(7)13/h11-12H,5-6H2,1-4H3/q-1. The summed E-state index contributed by atoms with van der Waals surface area (Å²) in [5, 5.41) is 31.8. The van der Waals surface area contributed by atoms with Gasteiger partial charge in [-0.15, -0.1) is 0 Å². The van der Waals surface area contributed by atoms with E-state index in [4.69, 9.17) is 0 Å². The summed E-state index contributed by atoms with van der Waals surface area (Å²) in [6.07, 6.45) is 0.180. The Balaban J connectivity index is 2.96. The zero-order valence-electron chi connectivity index (χ0n) is 8.66. The highest BCUT2D eigenvalue weighted by Crippen LogP contribution is 2.41. The third kappa shape index (κ3) is 2.02. The van der Waals surface area contributed by atoms with Gasteiger partial charge in [0, 0.05) is 23.9 Å². The van der Waals surface area contributed by atoms with Gasteiger partial charge in [0.2, 0.25) is 0 Å². The summed E-state index contributed by atoms with van der Waals surface area (Å²) in [6, 6.07) is 0. The first-order valence-electron chi connectivity index (χ1n) is 4.49. The van der Waals surface area contributed by atoms with Crippen LogP contribution in [-0.4, -0.2) is 32.1 Å². The van der Waals surface area contributed by atoms with Crippen LogP contribution < -0.4 is 0 Å². The SMILES string of the molecule is CC1(C)CC(O)(O)CC(C)(C)N1[O-]. The summed E-state index contributed by atoms with van der Waals surface area (Å²) in [7, 11) is 0. The molecule has 0 aromatic carbocycles. The predicted molar refractivity (Wildman–Crippen MR) is 49.8 cm³/mol. The van der Waals surface area contributed by atoms with Crippen LogP contribution in [0.15, 0.2) is 0 Å². The molecule has 0 radical (unpaired) electrons. The van der Waals surface area contributed by atoms with Crippen molar-refractivity contribution in [1.82, 2.24) is 5.06 Å². The topological polar surface area (TPSA) is 66.8 Å². The van der Waals surface area contributed by atoms with Crippen LogP contribution in [0.1, 0.15) is 40.5 Å². The lowest BCUT2D eigenvalue weighted by atomic mass is 9.78. The van der Waals surface area contributed by atoms with Crippen LogP contribution in [0.5, 0.6) is 0 Å². The maximum Gasteiger partial charge on any atom is 0.165 e. The molecule has 0 bridgehead atoms. The zero-order valence-corrected chi connectivity index (χ0v) is 8.66. The fourth-order valence-corrected chi connectivity index (χ4v) is 2.41. The van der Waals surface area contributed by atoms with E-state index in [-0.39, 0.29) is 12.8 Å². The van der Waals surface area contributed by atoms with Crippen molar-refractivity contribution in [2.24, 2.45) is 0 Å². The molecule has 0 amide bonds. The van der Waals surface area contributed by atoms with Crippen LogP contribution in [0.2, 0.25) is 0 Å². The van der Waals surface area contributed by atoms with Gasteiger partial charge in [-0.2, -0.15) is 0 Å². The molecule has 1 aliphatic rings. The molecule has 0 unspecified atom stereocenters. The van der Waals surface area contributed by atoms with Crippen molar-refractivity contribution in [2.75, 3.05) is 0 Å². The van der Waals surface area contributed by atoms with Crippen molar-refractivity contribution in [2.45, 2.75) is 57.4 Å². The Bertz CT molecular complexity index is 191. The maximum atomic E-state index is 11.8. The number of nitrogens with zero attached hydrogens (tertiary/aromatic N) is 1. The van der Waals surface area contributed by atoms with Crippen molar-refractivity contribution in [3.63, 3.8) is 0 Å². The second-order valence-corrected chi connectivity index (χ2v) is 5.26. The minimum Gasteiger partial charge on any atom is -0.784 e. The first-order chi connectivity index (χ1) is 5.57. The monoisotopic (exact) mass is 188 g/mol. The van der Waals surface area contributed by atoms with Crippen molar-refractivity contribution in [1.29, 1.82) is 0 Å². The lowest BCUT2D eigenvalue weighted by Gasteiger charge is -2.60. The second-order valence-electron chi connectivity index (χ2n) is 5.26. The number of aliphatic hydroxyl groups is 2. The summed E-state index contributed by atoms with van der Waals surface area (Å²) < 4.78 is 0. The maximum absolute atomic E-state index is 11.8. The Kier molecular flexibility index (Phi) is 2.24. The van der Waals surface area contributed by atoms with Crippen molar-refractivity contribution in [3.05, 3.63) is 5.21 Å². The highest BCUT2D eigenvalue weighted by molar-refractivity contribution is 5.02. The largest absolute Gasteiger partial charge is 0.784 e. The average Bonchev–Trinajstić information content (AvgIpc) is 1.77. The lowest BCUT2D eigenvalue weighted by Crippen LogP contribution is -2.63. The minimum atomic E-state index is -1.71. The number of piperidine rings is 1. The van der Waals surface area contributed by atoms with Gasteiger partial charge in [0.1, 0.15) is 0 Å². The summed E-state index contributed by atoms with van der Waals surface area (Å²) in [5.41, 5.74) is -1.43. The van der Waals surface area contributed by atoms with E-state index in [1.54, 1.807) is 27.7 Å². The second kappa shape index (κ2) is 2.67. The van der Waals surface area contributed by atoms with Gasteiger partial charge in [-0.05, 0) is 27.7 Å². The number of hydroxylamine groups is 2. The Morgan fingerprint density at radius 1 is 1.00 bits per heavy atom. The molecule has 1 heterocycles. The van der Waals surface area contributed by atoms with Crippen LogP contribution in [0.4, 0.5) is 0 Å². The summed E-state index contributed by atoms with van der Waals surface area (Å²) in [5.74, 6) is -1.71. The predicted octanol–water partition coefficient (Wildman–Crippen LogP) is 0.818. The molecule has 0 aromatic rings. The fraction of sp³-hybridized carbons (Fsp3) is 1.00. The van der Waals surface area contributed by atoms with Gasteiger partial charge in [-0.3, -0.25) is 0 Å². The number of rotatable bonds is 0. The smallest absolute Gasteiger partial charge is 0.165 e. The Hall–Kier alpha value is -0.160. The van der Waals surface area contributed by atoms with E-state index in [1.165, 1.54) is 0 Å². The molecule has 1 saturated heterocycles. The highest BCUT2D eigenvalue weighted by atomic mass is 16.5. The molecule has 2 N–H and O–H groups in total. The highest BCUT2D eigenvalue weighted by Gasteiger charge is 2.46. The van der Waals surface area contributed by atoms with Crippen molar-refractivity contribution >= 4 is 0 Å². The molecule has 13 heavy (non-hydrogen) atoms. The Labute approximate surface area is 78.7 Å². The normalized spacial score (nSPS) is 31.6. The quantitative estimate of drug-likeness (QED) is 0.552. The third-order valence-corrected chi connectivity index (χ3v) is 2.53. The summed E-state index contributed by atoms with van der Waals surface area (Å²) >= 11 is 0. The average molecular weight is 188 g/mol. The molecule has 0 aromatic heterocycles. The van der Waals surface area contributed by atoms with Crippen LogP contribution in [-0.2, 0) is 0 Å². The lowest BCUT2D eigenvalue weighted by molar-refractivity contribution is -0.234. The molecular formula is C9H18NO3-. The van der Waals surface area contributed by atoms with E-state index < -0.39 is 16.9 Å². The van der Waals surface area contributed by atoms with Gasteiger partial charge in [0.25, 0.3) is 0 Å². The molecular weight excluding hydrogens is 170 g/mol. The molecule has 0 saturated carbocycles. The fourth-order valence-electron chi connectivity index (χ4n) is 2.41. The molecule has 1 aliphatic heterocycles. The molecule has 0 spiro atoms. The van der Waals surface area contributed by atoms with Crippen molar-refractivity contribution in [3.8, 4) is 0 Å². The summed E-state index contributed by atoms with van der Waals surface area (Å²) in [6.45, 7) is 6.90. The number of hydrogen-bond donors (Lipinski definition) is 2. The number of hydrogen-bond acceptors (Lipinski definition) is 4. The Morgan fingerprint density at radius 3 is 1.62 bits per heavy atom. The van der Waals surface area contributed by atoms with Gasteiger partial charge < -0.3 is 20.5 Å². The molecule has 0 aliphatic carbocycles. The van der Waals surface area contributed by atoms with E-state index in [1.807, 2.05) is 0 Å². The minimum absolute atomic E-state index is 0.0902. The Morgan fingerprint density at radius 2 is 1.31 bits per heavy atom. The molecule has 4 heteroatoms. The third-order valence-electron chi connectivity index (χ3n) is 2.53. The summed E-state index contributed by atoms with van der Waals surface area (Å²) in [4.78, 5) is 0.